The van der Waals surface area contributed by atoms with Gasteiger partial charge in [-0.3, -0.25) is 4.79 Å². The van der Waals surface area contributed by atoms with E-state index in [2.05, 4.69) is 26.4 Å². The van der Waals surface area contributed by atoms with Crippen LogP contribution in [-0.4, -0.2) is 30.1 Å². The average molecular weight is 356 g/mol. The van der Waals surface area contributed by atoms with Crippen LogP contribution >= 0.6 is 15.9 Å². The van der Waals surface area contributed by atoms with E-state index in [0.29, 0.717) is 11.3 Å². The maximum absolute atomic E-state index is 12.4. The molecule has 0 radical (unpaired) electrons. The highest BCUT2D eigenvalue weighted by Gasteiger charge is 2.32. The molecule has 1 aliphatic rings. The summed E-state index contributed by atoms with van der Waals surface area (Å²) < 4.78 is 6.07. The molecule has 0 spiro atoms. The number of nitrogens with one attached hydrogen (secondary N) is 1. The topological polar surface area (TPSA) is 96.9 Å². The largest absolute Gasteiger partial charge is 0.496 e. The van der Waals surface area contributed by atoms with Crippen molar-refractivity contribution in [1.29, 1.82) is 0 Å². The zero-order valence-corrected chi connectivity index (χ0v) is 13.3. The molecule has 1 amide bonds. The number of ether oxygens (including phenoxy) is 1. The number of oxime groups is 1. The van der Waals surface area contributed by atoms with Crippen molar-refractivity contribution < 1.29 is 14.7 Å². The molecule has 0 aromatic heterocycles. The molecule has 0 saturated heterocycles. The first-order valence-corrected chi connectivity index (χ1v) is 7.48. The summed E-state index contributed by atoms with van der Waals surface area (Å²) in [7, 11) is 1.52. The maximum atomic E-state index is 12.4. The van der Waals surface area contributed by atoms with Crippen LogP contribution in [0.3, 0.4) is 0 Å². The average Bonchev–Trinajstić information content (AvgIpc) is 2.94. The molecular formula is C14H18BrN3O3. The third kappa shape index (κ3) is 3.47. The Morgan fingerprint density at radius 2 is 2.29 bits per heavy atom. The lowest BCUT2D eigenvalue weighted by Gasteiger charge is -2.20. The van der Waals surface area contributed by atoms with Gasteiger partial charge < -0.3 is 21.0 Å². The fraction of sp³-hybridized carbons (Fsp3) is 0.429. The van der Waals surface area contributed by atoms with Crippen LogP contribution in [-0.2, 0) is 0 Å². The van der Waals surface area contributed by atoms with Gasteiger partial charge in [-0.2, -0.15) is 0 Å². The van der Waals surface area contributed by atoms with Gasteiger partial charge in [-0.1, -0.05) is 27.5 Å². The summed E-state index contributed by atoms with van der Waals surface area (Å²) in [5.41, 5.74) is 6.14. The van der Waals surface area contributed by atoms with Crippen LogP contribution in [0.4, 0.5) is 0 Å². The highest BCUT2D eigenvalue weighted by atomic mass is 79.9. The van der Waals surface area contributed by atoms with E-state index in [-0.39, 0.29) is 23.7 Å². The SMILES string of the molecule is COc1cc(Br)ccc1C(=O)NC1CCCC1/C(N)=N/O. The molecule has 114 valence electrons. The van der Waals surface area contributed by atoms with Crippen LogP contribution in [0.25, 0.3) is 0 Å². The third-order valence-corrected chi connectivity index (χ3v) is 4.23. The zero-order chi connectivity index (χ0) is 15.4. The van der Waals surface area contributed by atoms with Gasteiger partial charge in [-0.05, 0) is 31.0 Å². The monoisotopic (exact) mass is 355 g/mol. The second-order valence-corrected chi connectivity index (χ2v) is 5.90. The summed E-state index contributed by atoms with van der Waals surface area (Å²) in [6.07, 6.45) is 2.55. The number of benzene rings is 1. The van der Waals surface area contributed by atoms with Crippen molar-refractivity contribution in [1.82, 2.24) is 5.32 Å². The van der Waals surface area contributed by atoms with Gasteiger partial charge >= 0.3 is 0 Å². The number of nitrogens with zero attached hydrogens (tertiary/aromatic N) is 1. The number of halogens is 1. The Morgan fingerprint density at radius 3 is 2.95 bits per heavy atom. The molecule has 0 heterocycles. The quantitative estimate of drug-likeness (QED) is 0.333. The van der Waals surface area contributed by atoms with Crippen molar-refractivity contribution in [2.45, 2.75) is 25.3 Å². The number of amidine groups is 1. The van der Waals surface area contributed by atoms with Gasteiger partial charge in [0.15, 0.2) is 0 Å². The van der Waals surface area contributed by atoms with E-state index in [0.717, 1.165) is 23.7 Å². The first-order valence-electron chi connectivity index (χ1n) is 6.68. The van der Waals surface area contributed by atoms with Gasteiger partial charge in [0.2, 0.25) is 0 Å². The lowest BCUT2D eigenvalue weighted by Crippen LogP contribution is -2.42. The highest BCUT2D eigenvalue weighted by molar-refractivity contribution is 9.10. The number of methoxy groups -OCH3 is 1. The van der Waals surface area contributed by atoms with Gasteiger partial charge in [0.25, 0.3) is 5.91 Å². The molecule has 6 nitrogen and oxygen atoms in total. The first-order chi connectivity index (χ1) is 10.1. The Hall–Kier alpha value is -1.76. The van der Waals surface area contributed by atoms with Crippen LogP contribution in [0.1, 0.15) is 29.6 Å². The predicted octanol–water partition coefficient (Wildman–Crippen LogP) is 2.10. The molecule has 1 aromatic carbocycles. The third-order valence-electron chi connectivity index (χ3n) is 3.74. The van der Waals surface area contributed by atoms with E-state index < -0.39 is 0 Å². The summed E-state index contributed by atoms with van der Waals surface area (Å²) >= 11 is 3.34. The molecule has 2 rings (SSSR count). The molecule has 7 heteroatoms. The van der Waals surface area contributed by atoms with Crippen LogP contribution in [0.5, 0.6) is 5.75 Å². The normalized spacial score (nSPS) is 22.1. The Labute approximate surface area is 131 Å². The molecule has 0 aliphatic heterocycles. The van der Waals surface area contributed by atoms with Crippen LogP contribution in [0.15, 0.2) is 27.8 Å². The van der Waals surface area contributed by atoms with Crippen molar-refractivity contribution in [2.24, 2.45) is 16.8 Å². The molecule has 21 heavy (non-hydrogen) atoms. The Kier molecular flexibility index (Phi) is 5.06. The zero-order valence-electron chi connectivity index (χ0n) is 11.7. The van der Waals surface area contributed by atoms with E-state index in [1.54, 1.807) is 18.2 Å². The molecule has 2 atom stereocenters. The molecule has 0 bridgehead atoms. The molecule has 2 unspecified atom stereocenters. The second kappa shape index (κ2) is 6.80. The number of carbonyl (C=O) groups excluding carboxylic acids is 1. The summed E-state index contributed by atoms with van der Waals surface area (Å²) in [6.45, 7) is 0. The van der Waals surface area contributed by atoms with E-state index >= 15 is 0 Å². The van der Waals surface area contributed by atoms with Gasteiger partial charge in [0.1, 0.15) is 11.6 Å². The second-order valence-electron chi connectivity index (χ2n) is 4.99. The van der Waals surface area contributed by atoms with E-state index in [1.165, 1.54) is 7.11 Å². The molecule has 1 fully saturated rings. The number of nitrogens with two attached hydrogens (primary N) is 1. The fourth-order valence-electron chi connectivity index (χ4n) is 2.66. The van der Waals surface area contributed by atoms with Gasteiger partial charge in [0.05, 0.1) is 12.7 Å². The Morgan fingerprint density at radius 1 is 1.52 bits per heavy atom. The Balaban J connectivity index is 2.14. The van der Waals surface area contributed by atoms with Gasteiger partial charge in [-0.15, -0.1) is 0 Å². The highest BCUT2D eigenvalue weighted by Crippen LogP contribution is 2.28. The smallest absolute Gasteiger partial charge is 0.255 e. The standard InChI is InChI=1S/C14H18BrN3O3/c1-21-12-7-8(15)5-6-10(12)14(19)17-11-4-2-3-9(11)13(16)18-20/h5-7,9,11,20H,2-4H2,1H3,(H2,16,18)(H,17,19). The van der Waals surface area contributed by atoms with Gasteiger partial charge in [0, 0.05) is 16.4 Å². The minimum Gasteiger partial charge on any atom is -0.496 e. The first kappa shape index (κ1) is 15.6. The molecule has 4 N–H and O–H groups in total. The number of hydrogen-bond donors (Lipinski definition) is 3. The maximum Gasteiger partial charge on any atom is 0.255 e. The Bertz CT molecular complexity index is 562. The fourth-order valence-corrected chi connectivity index (χ4v) is 3.00. The minimum atomic E-state index is -0.220. The summed E-state index contributed by atoms with van der Waals surface area (Å²) in [4.78, 5) is 12.4. The van der Waals surface area contributed by atoms with E-state index in [9.17, 15) is 4.79 Å². The number of carbonyl (C=O) groups is 1. The van der Waals surface area contributed by atoms with Crippen molar-refractivity contribution in [2.75, 3.05) is 7.11 Å². The number of amides is 1. The van der Waals surface area contributed by atoms with Crippen LogP contribution in [0, 0.1) is 5.92 Å². The predicted molar refractivity (Wildman–Crippen MR) is 82.7 cm³/mol. The number of hydrogen-bond acceptors (Lipinski definition) is 4. The summed E-state index contributed by atoms with van der Waals surface area (Å²) in [5.74, 6) is 0.322. The van der Waals surface area contributed by atoms with Crippen molar-refractivity contribution in [3.05, 3.63) is 28.2 Å². The van der Waals surface area contributed by atoms with E-state index in [4.69, 9.17) is 15.7 Å². The van der Waals surface area contributed by atoms with E-state index in [1.807, 2.05) is 0 Å². The van der Waals surface area contributed by atoms with Crippen LogP contribution in [0.2, 0.25) is 0 Å². The summed E-state index contributed by atoms with van der Waals surface area (Å²) in [6, 6.07) is 5.10. The lowest BCUT2D eigenvalue weighted by atomic mass is 10.0. The molecular weight excluding hydrogens is 338 g/mol. The van der Waals surface area contributed by atoms with Crippen molar-refractivity contribution >= 4 is 27.7 Å². The van der Waals surface area contributed by atoms with Crippen LogP contribution < -0.4 is 15.8 Å². The molecule has 1 aliphatic carbocycles. The van der Waals surface area contributed by atoms with Crippen molar-refractivity contribution in [3.63, 3.8) is 0 Å². The summed E-state index contributed by atoms with van der Waals surface area (Å²) in [5, 5.41) is 14.8. The lowest BCUT2D eigenvalue weighted by molar-refractivity contribution is 0.0930. The number of rotatable bonds is 4. The van der Waals surface area contributed by atoms with Gasteiger partial charge in [-0.25, -0.2) is 0 Å². The molecule has 1 saturated carbocycles. The van der Waals surface area contributed by atoms with Crippen molar-refractivity contribution in [3.8, 4) is 5.75 Å². The molecule has 1 aromatic rings. The minimum absolute atomic E-state index is 0.123.